The maximum Gasteiger partial charge on any atom is 0.256 e. The van der Waals surface area contributed by atoms with Crippen LogP contribution in [0.4, 0.5) is 5.69 Å². The molecule has 0 N–H and O–H groups in total. The predicted octanol–water partition coefficient (Wildman–Crippen LogP) is 2.88. The second-order valence-corrected chi connectivity index (χ2v) is 6.40. The summed E-state index contributed by atoms with van der Waals surface area (Å²) in [6.45, 7) is 1.27. The van der Waals surface area contributed by atoms with Gasteiger partial charge in [0.15, 0.2) is 0 Å². The highest BCUT2D eigenvalue weighted by atomic mass is 16.2. The highest BCUT2D eigenvalue weighted by Gasteiger charge is 2.41. The van der Waals surface area contributed by atoms with E-state index < -0.39 is 0 Å². The lowest BCUT2D eigenvalue weighted by molar-refractivity contribution is -0.122. The molecule has 0 aliphatic carbocycles. The smallest absolute Gasteiger partial charge is 0.256 e. The average molecular weight is 320 g/mol. The topological polar surface area (TPSA) is 40.6 Å². The molecule has 4 heteroatoms. The van der Waals surface area contributed by atoms with Crippen molar-refractivity contribution in [1.82, 2.24) is 4.90 Å². The van der Waals surface area contributed by atoms with Crippen molar-refractivity contribution in [1.29, 1.82) is 0 Å². The second-order valence-electron chi connectivity index (χ2n) is 6.40. The van der Waals surface area contributed by atoms with Crippen LogP contribution in [0.5, 0.6) is 0 Å². The Balaban J connectivity index is 1.69. The van der Waals surface area contributed by atoms with Gasteiger partial charge in [-0.05, 0) is 37.0 Å². The van der Waals surface area contributed by atoms with Crippen LogP contribution in [0.3, 0.4) is 0 Å². The summed E-state index contributed by atoms with van der Waals surface area (Å²) in [6.07, 6.45) is 2.44. The Morgan fingerprint density at radius 2 is 1.71 bits per heavy atom. The van der Waals surface area contributed by atoms with Crippen LogP contribution in [0, 0.1) is 0 Å². The Morgan fingerprint density at radius 3 is 2.54 bits per heavy atom. The maximum absolute atomic E-state index is 13.1. The minimum absolute atomic E-state index is 0.0105. The third kappa shape index (κ3) is 2.48. The summed E-state index contributed by atoms with van der Waals surface area (Å²) in [6, 6.07) is 17.3. The van der Waals surface area contributed by atoms with Crippen molar-refractivity contribution < 1.29 is 9.59 Å². The molecule has 4 nitrogen and oxygen atoms in total. The Labute approximate surface area is 141 Å². The van der Waals surface area contributed by atoms with Gasteiger partial charge in [-0.25, -0.2) is 0 Å². The third-order valence-electron chi connectivity index (χ3n) is 4.96. The molecule has 2 aromatic rings. The van der Waals surface area contributed by atoms with Crippen molar-refractivity contribution in [3.8, 4) is 0 Å². The summed E-state index contributed by atoms with van der Waals surface area (Å²) in [4.78, 5) is 29.5. The molecule has 2 aromatic carbocycles. The molecule has 2 amide bonds. The van der Waals surface area contributed by atoms with Crippen LogP contribution in [0.1, 0.15) is 28.8 Å². The lowest BCUT2D eigenvalue weighted by Gasteiger charge is -2.26. The molecule has 2 heterocycles. The van der Waals surface area contributed by atoms with Gasteiger partial charge in [-0.15, -0.1) is 0 Å². The van der Waals surface area contributed by atoms with Gasteiger partial charge in [-0.3, -0.25) is 9.59 Å². The van der Waals surface area contributed by atoms with Crippen molar-refractivity contribution in [2.45, 2.75) is 25.3 Å². The predicted molar refractivity (Wildman–Crippen MR) is 93.0 cm³/mol. The zero-order valence-electron chi connectivity index (χ0n) is 13.5. The fourth-order valence-corrected chi connectivity index (χ4v) is 3.73. The molecule has 0 spiro atoms. The van der Waals surface area contributed by atoms with Crippen LogP contribution >= 0.6 is 0 Å². The van der Waals surface area contributed by atoms with Crippen molar-refractivity contribution >= 4 is 17.5 Å². The van der Waals surface area contributed by atoms with E-state index in [4.69, 9.17) is 0 Å². The SMILES string of the molecule is O=C1[C@@H]2CCCN2C(=O)c2ccccc2N1CCc1ccccc1. The minimum atomic E-state index is -0.305. The summed E-state index contributed by atoms with van der Waals surface area (Å²) in [5, 5.41) is 0. The van der Waals surface area contributed by atoms with Crippen LogP contribution in [0.2, 0.25) is 0 Å². The van der Waals surface area contributed by atoms with E-state index in [0.29, 0.717) is 18.7 Å². The number of anilines is 1. The van der Waals surface area contributed by atoms with Gasteiger partial charge >= 0.3 is 0 Å². The van der Waals surface area contributed by atoms with Crippen molar-refractivity contribution in [2.24, 2.45) is 0 Å². The number of nitrogens with zero attached hydrogens (tertiary/aromatic N) is 2. The fourth-order valence-electron chi connectivity index (χ4n) is 3.73. The largest absolute Gasteiger partial charge is 0.327 e. The molecule has 1 saturated heterocycles. The first-order valence-corrected chi connectivity index (χ1v) is 8.51. The molecule has 2 aliphatic rings. The number of benzene rings is 2. The van der Waals surface area contributed by atoms with Gasteiger partial charge in [0.25, 0.3) is 5.91 Å². The highest BCUT2D eigenvalue weighted by molar-refractivity contribution is 6.11. The monoisotopic (exact) mass is 320 g/mol. The lowest BCUT2D eigenvalue weighted by atomic mass is 10.1. The van der Waals surface area contributed by atoms with Crippen LogP contribution in [0.25, 0.3) is 0 Å². The molecule has 0 radical (unpaired) electrons. The number of fused-ring (bicyclic) bond motifs is 2. The number of carbonyl (C=O) groups is 2. The molecule has 0 saturated carbocycles. The van der Waals surface area contributed by atoms with Crippen LogP contribution in [-0.2, 0) is 11.2 Å². The summed E-state index contributed by atoms with van der Waals surface area (Å²) in [7, 11) is 0. The third-order valence-corrected chi connectivity index (χ3v) is 4.96. The van der Waals surface area contributed by atoms with E-state index in [0.717, 1.165) is 24.9 Å². The maximum atomic E-state index is 13.1. The Kier molecular flexibility index (Phi) is 3.81. The number of carbonyl (C=O) groups excluding carboxylic acids is 2. The zero-order valence-corrected chi connectivity index (χ0v) is 13.5. The number of para-hydroxylation sites is 1. The molecule has 24 heavy (non-hydrogen) atoms. The van der Waals surface area contributed by atoms with Gasteiger partial charge in [-0.1, -0.05) is 42.5 Å². The van der Waals surface area contributed by atoms with E-state index in [1.807, 2.05) is 47.4 Å². The molecule has 1 fully saturated rings. The van der Waals surface area contributed by atoms with Gasteiger partial charge in [0, 0.05) is 13.1 Å². The van der Waals surface area contributed by atoms with Crippen LogP contribution < -0.4 is 4.90 Å². The first-order chi connectivity index (χ1) is 11.8. The molecule has 4 rings (SSSR count). The number of rotatable bonds is 3. The van der Waals surface area contributed by atoms with Crippen LogP contribution in [0.15, 0.2) is 54.6 Å². The molecule has 0 unspecified atom stereocenters. The lowest BCUT2D eigenvalue weighted by Crippen LogP contribution is -2.45. The molecule has 122 valence electrons. The van der Waals surface area contributed by atoms with E-state index in [9.17, 15) is 9.59 Å². The van der Waals surface area contributed by atoms with E-state index in [1.165, 1.54) is 5.56 Å². The molecule has 0 bridgehead atoms. The standard InChI is InChI=1S/C20H20N2O2/c23-19-16-9-4-5-10-17(16)22(14-12-15-7-2-1-3-8-15)20(24)18-11-6-13-21(18)19/h1-5,7-10,18H,6,11-14H2/t18-/m0/s1. The molecule has 1 atom stereocenters. The first-order valence-electron chi connectivity index (χ1n) is 8.51. The van der Waals surface area contributed by atoms with E-state index in [1.54, 1.807) is 4.90 Å². The van der Waals surface area contributed by atoms with Crippen molar-refractivity contribution in [3.05, 3.63) is 65.7 Å². The van der Waals surface area contributed by atoms with E-state index >= 15 is 0 Å². The molecule has 0 aromatic heterocycles. The Hall–Kier alpha value is -2.62. The zero-order chi connectivity index (χ0) is 16.5. The van der Waals surface area contributed by atoms with Crippen molar-refractivity contribution in [3.63, 3.8) is 0 Å². The Bertz CT molecular complexity index is 772. The molecular formula is C20H20N2O2. The highest BCUT2D eigenvalue weighted by Crippen LogP contribution is 2.32. The Morgan fingerprint density at radius 1 is 0.958 bits per heavy atom. The van der Waals surface area contributed by atoms with Gasteiger partial charge in [-0.2, -0.15) is 0 Å². The van der Waals surface area contributed by atoms with Gasteiger partial charge in [0.2, 0.25) is 5.91 Å². The fraction of sp³-hybridized carbons (Fsp3) is 0.300. The van der Waals surface area contributed by atoms with Gasteiger partial charge in [0.1, 0.15) is 6.04 Å². The van der Waals surface area contributed by atoms with E-state index in [-0.39, 0.29) is 17.9 Å². The number of hydrogen-bond donors (Lipinski definition) is 0. The van der Waals surface area contributed by atoms with Crippen molar-refractivity contribution in [2.75, 3.05) is 18.0 Å². The number of amides is 2. The summed E-state index contributed by atoms with van der Waals surface area (Å²) in [5.41, 5.74) is 2.59. The van der Waals surface area contributed by atoms with Gasteiger partial charge in [0.05, 0.1) is 11.3 Å². The second kappa shape index (κ2) is 6.11. The average Bonchev–Trinajstić information content (AvgIpc) is 3.09. The normalized spacial score (nSPS) is 19.9. The van der Waals surface area contributed by atoms with E-state index in [2.05, 4.69) is 12.1 Å². The first kappa shape index (κ1) is 14.9. The minimum Gasteiger partial charge on any atom is -0.327 e. The summed E-state index contributed by atoms with van der Waals surface area (Å²) in [5.74, 6) is 0.0467. The van der Waals surface area contributed by atoms with Crippen LogP contribution in [-0.4, -0.2) is 35.8 Å². The summed E-state index contributed by atoms with van der Waals surface area (Å²) >= 11 is 0. The molecule has 2 aliphatic heterocycles. The number of hydrogen-bond acceptors (Lipinski definition) is 2. The molecular weight excluding hydrogens is 300 g/mol. The quantitative estimate of drug-likeness (QED) is 0.872. The summed E-state index contributed by atoms with van der Waals surface area (Å²) < 4.78 is 0. The van der Waals surface area contributed by atoms with Gasteiger partial charge < -0.3 is 9.80 Å².